The number of hydrogen-bond acceptors (Lipinski definition) is 3. The second-order valence-corrected chi connectivity index (χ2v) is 5.17. The van der Waals surface area contributed by atoms with E-state index in [1.807, 2.05) is 0 Å². The number of hydrogen-bond donors (Lipinski definition) is 1. The molecule has 0 fully saturated rings. The van der Waals surface area contributed by atoms with Crippen molar-refractivity contribution in [3.8, 4) is 0 Å². The normalized spacial score (nSPS) is 11.1. The van der Waals surface area contributed by atoms with Crippen LogP contribution in [0.25, 0.3) is 6.08 Å². The molecule has 0 saturated heterocycles. The average molecular weight is 357 g/mol. The van der Waals surface area contributed by atoms with E-state index >= 15 is 0 Å². The smallest absolute Gasteiger partial charge is 0.333 e. The van der Waals surface area contributed by atoms with Crippen molar-refractivity contribution in [1.82, 2.24) is 0 Å². The molecule has 0 aliphatic rings. The Hall–Kier alpha value is -1.95. The maximum atomic E-state index is 13.1. The molecule has 0 bridgehead atoms. The summed E-state index contributed by atoms with van der Waals surface area (Å²) >= 11 is 3.03. The summed E-state index contributed by atoms with van der Waals surface area (Å²) < 4.78 is 18.2. The van der Waals surface area contributed by atoms with Gasteiger partial charge in [0.2, 0.25) is 0 Å². The molecule has 1 rings (SSSR count). The van der Waals surface area contributed by atoms with Gasteiger partial charge in [0.1, 0.15) is 5.82 Å². The first-order chi connectivity index (χ1) is 9.81. The number of carbonyl (C=O) groups excluding carboxylic acids is 1. The van der Waals surface area contributed by atoms with Crippen molar-refractivity contribution >= 4 is 33.9 Å². The molecular formula is C15H14BrFO4. The van der Waals surface area contributed by atoms with Crippen LogP contribution in [0.3, 0.4) is 0 Å². The van der Waals surface area contributed by atoms with Gasteiger partial charge < -0.3 is 9.84 Å². The van der Waals surface area contributed by atoms with Crippen LogP contribution < -0.4 is 0 Å². The number of benzene rings is 1. The third-order valence-electron chi connectivity index (χ3n) is 2.51. The van der Waals surface area contributed by atoms with E-state index in [4.69, 9.17) is 9.84 Å². The highest BCUT2D eigenvalue weighted by molar-refractivity contribution is 9.10. The van der Waals surface area contributed by atoms with E-state index in [0.717, 1.165) is 0 Å². The van der Waals surface area contributed by atoms with E-state index in [2.05, 4.69) is 22.5 Å². The van der Waals surface area contributed by atoms with Crippen molar-refractivity contribution in [2.45, 2.75) is 13.3 Å². The zero-order valence-corrected chi connectivity index (χ0v) is 12.9. The summed E-state index contributed by atoms with van der Waals surface area (Å²) in [5.74, 6) is -2.12. The number of carboxylic acids is 1. The van der Waals surface area contributed by atoms with Crippen LogP contribution in [-0.4, -0.2) is 23.7 Å². The Morgan fingerprint density at radius 2 is 2.14 bits per heavy atom. The maximum Gasteiger partial charge on any atom is 0.333 e. The van der Waals surface area contributed by atoms with Crippen molar-refractivity contribution < 1.29 is 23.8 Å². The van der Waals surface area contributed by atoms with Gasteiger partial charge in [-0.2, -0.15) is 0 Å². The van der Waals surface area contributed by atoms with Crippen LogP contribution in [0, 0.1) is 5.82 Å². The molecule has 0 unspecified atom stereocenters. The second kappa shape index (κ2) is 7.73. The Labute approximate surface area is 130 Å². The van der Waals surface area contributed by atoms with Crippen LogP contribution >= 0.6 is 15.9 Å². The first-order valence-electron chi connectivity index (χ1n) is 6.03. The van der Waals surface area contributed by atoms with Crippen molar-refractivity contribution in [2.75, 3.05) is 6.61 Å². The third kappa shape index (κ3) is 5.51. The highest BCUT2D eigenvalue weighted by Gasteiger charge is 2.10. The highest BCUT2D eigenvalue weighted by Crippen LogP contribution is 2.19. The molecule has 4 nitrogen and oxygen atoms in total. The lowest BCUT2D eigenvalue weighted by molar-refractivity contribution is -0.139. The van der Waals surface area contributed by atoms with Crippen LogP contribution in [0.15, 0.2) is 40.4 Å². The van der Waals surface area contributed by atoms with Crippen molar-refractivity contribution in [2.24, 2.45) is 0 Å². The zero-order valence-electron chi connectivity index (χ0n) is 11.4. The second-order valence-electron chi connectivity index (χ2n) is 4.31. The molecule has 1 N–H and O–H groups in total. The Morgan fingerprint density at radius 3 is 2.67 bits per heavy atom. The summed E-state index contributed by atoms with van der Waals surface area (Å²) in [5, 5.41) is 9.12. The van der Waals surface area contributed by atoms with Gasteiger partial charge in [-0.05, 0) is 46.6 Å². The minimum absolute atomic E-state index is 0.0450. The summed E-state index contributed by atoms with van der Waals surface area (Å²) in [6, 6.07) is 4.16. The van der Waals surface area contributed by atoms with Crippen LogP contribution in [-0.2, 0) is 14.3 Å². The van der Waals surface area contributed by atoms with Crippen LogP contribution in [0.2, 0.25) is 0 Å². The van der Waals surface area contributed by atoms with E-state index in [9.17, 15) is 14.0 Å². The van der Waals surface area contributed by atoms with E-state index in [1.54, 1.807) is 0 Å². The number of rotatable bonds is 6. The minimum Gasteiger partial charge on any atom is -0.478 e. The van der Waals surface area contributed by atoms with Gasteiger partial charge in [0.05, 0.1) is 11.1 Å². The lowest BCUT2D eigenvalue weighted by Crippen LogP contribution is -2.09. The predicted molar refractivity (Wildman–Crippen MR) is 80.1 cm³/mol. The summed E-state index contributed by atoms with van der Waals surface area (Å²) in [5.41, 5.74) is 0.841. The van der Waals surface area contributed by atoms with Crippen molar-refractivity contribution in [3.05, 3.63) is 51.8 Å². The Kier molecular flexibility index (Phi) is 6.30. The summed E-state index contributed by atoms with van der Waals surface area (Å²) in [4.78, 5) is 22.4. The number of carboxylic acid groups (broad SMARTS) is 1. The number of esters is 1. The van der Waals surface area contributed by atoms with E-state index in [0.29, 0.717) is 5.56 Å². The molecule has 0 atom stereocenters. The van der Waals surface area contributed by atoms with Crippen molar-refractivity contribution in [3.63, 3.8) is 0 Å². The number of carbonyl (C=O) groups is 2. The highest BCUT2D eigenvalue weighted by atomic mass is 79.9. The molecule has 0 aromatic heterocycles. The van der Waals surface area contributed by atoms with Gasteiger partial charge in [-0.1, -0.05) is 12.6 Å². The lowest BCUT2D eigenvalue weighted by atomic mass is 10.1. The average Bonchev–Trinajstić information content (AvgIpc) is 2.41. The summed E-state index contributed by atoms with van der Waals surface area (Å²) in [6.45, 7) is 4.87. The lowest BCUT2D eigenvalue weighted by Gasteiger charge is -2.06. The molecular weight excluding hydrogens is 343 g/mol. The first-order valence-corrected chi connectivity index (χ1v) is 6.82. The Balaban J connectivity index is 2.79. The molecule has 0 saturated carbocycles. The fourth-order valence-electron chi connectivity index (χ4n) is 1.42. The molecule has 0 aliphatic carbocycles. The largest absolute Gasteiger partial charge is 0.478 e. The Bertz CT molecular complexity index is 608. The van der Waals surface area contributed by atoms with Gasteiger partial charge in [-0.15, -0.1) is 0 Å². The molecule has 112 valence electrons. The van der Waals surface area contributed by atoms with Crippen LogP contribution in [0.4, 0.5) is 4.39 Å². The predicted octanol–water partition coefficient (Wildman–Crippen LogP) is 3.57. The van der Waals surface area contributed by atoms with E-state index < -0.39 is 17.8 Å². The zero-order chi connectivity index (χ0) is 16.0. The molecule has 0 amide bonds. The fourth-order valence-corrected chi connectivity index (χ4v) is 1.82. The fraction of sp³-hybridized carbons (Fsp3) is 0.200. The van der Waals surface area contributed by atoms with Gasteiger partial charge in [-0.3, -0.25) is 0 Å². The van der Waals surface area contributed by atoms with Gasteiger partial charge >= 0.3 is 11.9 Å². The molecule has 21 heavy (non-hydrogen) atoms. The summed E-state index contributed by atoms with van der Waals surface area (Å²) in [7, 11) is 0. The number of halogens is 2. The molecule has 1 aromatic carbocycles. The molecule has 0 heterocycles. The minimum atomic E-state index is -1.12. The van der Waals surface area contributed by atoms with Gasteiger partial charge in [0, 0.05) is 17.6 Å². The number of ether oxygens (including phenoxy) is 1. The first kappa shape index (κ1) is 17.1. The summed E-state index contributed by atoms with van der Waals surface area (Å²) in [6.07, 6.45) is 1.45. The topological polar surface area (TPSA) is 63.6 Å². The molecule has 1 aromatic rings. The molecule has 0 spiro atoms. The maximum absolute atomic E-state index is 13.1. The molecule has 6 heteroatoms. The third-order valence-corrected chi connectivity index (χ3v) is 3.12. The van der Waals surface area contributed by atoms with Gasteiger partial charge in [0.15, 0.2) is 0 Å². The van der Waals surface area contributed by atoms with Gasteiger partial charge in [-0.25, -0.2) is 14.0 Å². The molecule has 0 radical (unpaired) electrons. The van der Waals surface area contributed by atoms with Crippen molar-refractivity contribution in [1.29, 1.82) is 0 Å². The number of aliphatic carboxylic acids is 1. The quantitative estimate of drug-likeness (QED) is 0.625. The standard InChI is InChI=1S/C15H14BrFO4/c1-9(2)15(20)21-6-5-11(14(18)19)7-10-3-4-13(17)12(16)8-10/h3-4,7-8H,1,5-6H2,2H3,(H,18,19). The van der Waals surface area contributed by atoms with E-state index in [-0.39, 0.29) is 28.6 Å². The van der Waals surface area contributed by atoms with Crippen LogP contribution in [0.5, 0.6) is 0 Å². The Morgan fingerprint density at radius 1 is 1.48 bits per heavy atom. The van der Waals surface area contributed by atoms with E-state index in [1.165, 1.54) is 31.2 Å². The van der Waals surface area contributed by atoms with Gasteiger partial charge in [0.25, 0.3) is 0 Å². The monoisotopic (exact) mass is 356 g/mol. The molecule has 0 aliphatic heterocycles. The SMILES string of the molecule is C=C(C)C(=O)OCCC(=Cc1ccc(F)c(Br)c1)C(=O)O. The van der Waals surface area contributed by atoms with Crippen LogP contribution in [0.1, 0.15) is 18.9 Å².